The van der Waals surface area contributed by atoms with Gasteiger partial charge >= 0.3 is 5.69 Å². The summed E-state index contributed by atoms with van der Waals surface area (Å²) in [7, 11) is 0. The largest absolute Gasteiger partial charge is 0.340 e. The van der Waals surface area contributed by atoms with E-state index in [9.17, 15) is 9.59 Å². The normalized spacial score (nSPS) is 11.2. The number of halogens is 1. The van der Waals surface area contributed by atoms with Crippen molar-refractivity contribution in [2.24, 2.45) is 0 Å². The molecule has 0 aliphatic rings. The SMILES string of the molecule is O=C(C=Cc1ccc(Cl)cc1)n1c(-c2cccs2)cn(-c2ccccc2)c1=O. The van der Waals surface area contributed by atoms with Crippen LogP contribution in [0.4, 0.5) is 0 Å². The van der Waals surface area contributed by atoms with Gasteiger partial charge in [-0.3, -0.25) is 9.36 Å². The van der Waals surface area contributed by atoms with Crippen LogP contribution in [0.2, 0.25) is 5.02 Å². The lowest BCUT2D eigenvalue weighted by Crippen LogP contribution is -2.27. The maximum absolute atomic E-state index is 13.0. The Labute approximate surface area is 170 Å². The van der Waals surface area contributed by atoms with Gasteiger partial charge in [0.2, 0.25) is 0 Å². The molecule has 0 N–H and O–H groups in total. The predicted octanol–water partition coefficient (Wildman–Crippen LogP) is 5.37. The first-order chi connectivity index (χ1) is 13.6. The number of thiophene rings is 1. The average molecular weight is 407 g/mol. The first-order valence-electron chi connectivity index (χ1n) is 8.55. The average Bonchev–Trinajstić information content (AvgIpc) is 3.36. The van der Waals surface area contributed by atoms with Crippen molar-refractivity contribution >= 4 is 34.9 Å². The van der Waals surface area contributed by atoms with E-state index < -0.39 is 11.6 Å². The van der Waals surface area contributed by atoms with Gasteiger partial charge in [-0.05, 0) is 47.4 Å². The minimum absolute atomic E-state index is 0.402. The van der Waals surface area contributed by atoms with Crippen molar-refractivity contribution in [1.82, 2.24) is 9.13 Å². The summed E-state index contributed by atoms with van der Waals surface area (Å²) in [5, 5.41) is 2.54. The van der Waals surface area contributed by atoms with Crippen molar-refractivity contribution in [2.45, 2.75) is 0 Å². The van der Waals surface area contributed by atoms with Crippen molar-refractivity contribution in [1.29, 1.82) is 0 Å². The van der Waals surface area contributed by atoms with E-state index in [1.165, 1.54) is 26.5 Å². The molecule has 4 aromatic rings. The highest BCUT2D eigenvalue weighted by Gasteiger charge is 2.18. The number of benzene rings is 2. The van der Waals surface area contributed by atoms with E-state index in [0.717, 1.165) is 10.4 Å². The molecule has 0 saturated heterocycles. The molecule has 2 heterocycles. The van der Waals surface area contributed by atoms with Gasteiger partial charge in [0.05, 0.1) is 16.3 Å². The third-order valence-electron chi connectivity index (χ3n) is 4.21. The number of imidazole rings is 1. The fourth-order valence-corrected chi connectivity index (χ4v) is 3.70. The molecule has 0 amide bonds. The number of hydrogen-bond acceptors (Lipinski definition) is 3. The fraction of sp³-hybridized carbons (Fsp3) is 0. The molecule has 4 nitrogen and oxygen atoms in total. The van der Waals surface area contributed by atoms with Crippen LogP contribution in [-0.2, 0) is 0 Å². The van der Waals surface area contributed by atoms with Crippen molar-refractivity contribution < 1.29 is 4.79 Å². The number of hydrogen-bond donors (Lipinski definition) is 0. The molecule has 0 aliphatic heterocycles. The Bertz CT molecular complexity index is 1190. The van der Waals surface area contributed by atoms with Gasteiger partial charge in [-0.25, -0.2) is 9.36 Å². The van der Waals surface area contributed by atoms with Crippen LogP contribution in [-0.4, -0.2) is 15.0 Å². The highest BCUT2D eigenvalue weighted by atomic mass is 35.5. The molecule has 0 radical (unpaired) electrons. The second-order valence-electron chi connectivity index (χ2n) is 6.04. The number of carbonyl (C=O) groups is 1. The third kappa shape index (κ3) is 3.63. The molecule has 0 saturated carbocycles. The third-order valence-corrected chi connectivity index (χ3v) is 5.35. The van der Waals surface area contributed by atoms with Crippen LogP contribution in [0.5, 0.6) is 0 Å². The van der Waals surface area contributed by atoms with Crippen LogP contribution >= 0.6 is 22.9 Å². The van der Waals surface area contributed by atoms with Crippen LogP contribution in [0.25, 0.3) is 22.3 Å². The Morgan fingerprint density at radius 3 is 2.39 bits per heavy atom. The Morgan fingerprint density at radius 2 is 1.71 bits per heavy atom. The fourth-order valence-electron chi connectivity index (χ4n) is 2.85. The molecule has 2 aromatic carbocycles. The Kier molecular flexibility index (Phi) is 5.10. The van der Waals surface area contributed by atoms with Gasteiger partial charge in [-0.15, -0.1) is 11.3 Å². The van der Waals surface area contributed by atoms with Crippen molar-refractivity contribution in [3.05, 3.63) is 105 Å². The molecule has 138 valence electrons. The second kappa shape index (κ2) is 7.84. The molecule has 28 heavy (non-hydrogen) atoms. The van der Waals surface area contributed by atoms with Gasteiger partial charge in [-0.2, -0.15) is 0 Å². The first kappa shape index (κ1) is 18.2. The van der Waals surface area contributed by atoms with Crippen LogP contribution in [0.15, 0.2) is 89.2 Å². The highest BCUT2D eigenvalue weighted by Crippen LogP contribution is 2.25. The van der Waals surface area contributed by atoms with E-state index in [4.69, 9.17) is 11.6 Å². The smallest absolute Gasteiger partial charge is 0.269 e. The summed E-state index contributed by atoms with van der Waals surface area (Å²) in [5.74, 6) is -0.405. The number of para-hydroxylation sites is 1. The lowest BCUT2D eigenvalue weighted by Gasteiger charge is -2.01. The van der Waals surface area contributed by atoms with Crippen LogP contribution in [0, 0.1) is 0 Å². The summed E-state index contributed by atoms with van der Waals surface area (Å²) in [4.78, 5) is 26.8. The molecule has 0 bridgehead atoms. The van der Waals surface area contributed by atoms with Gasteiger partial charge in [0.1, 0.15) is 0 Å². The second-order valence-corrected chi connectivity index (χ2v) is 7.42. The molecule has 0 aliphatic carbocycles. The number of rotatable bonds is 4. The van der Waals surface area contributed by atoms with Gasteiger partial charge in [-0.1, -0.05) is 48.0 Å². The monoisotopic (exact) mass is 406 g/mol. The van der Waals surface area contributed by atoms with Gasteiger partial charge in [0.15, 0.2) is 0 Å². The number of aromatic nitrogens is 2. The van der Waals surface area contributed by atoms with E-state index in [1.54, 1.807) is 24.4 Å². The lowest BCUT2D eigenvalue weighted by atomic mass is 10.2. The predicted molar refractivity (Wildman–Crippen MR) is 114 cm³/mol. The van der Waals surface area contributed by atoms with Gasteiger partial charge in [0, 0.05) is 17.3 Å². The summed E-state index contributed by atoms with van der Waals surface area (Å²) < 4.78 is 2.69. The number of carbonyl (C=O) groups excluding carboxylic acids is 1. The topological polar surface area (TPSA) is 44.0 Å². The zero-order chi connectivity index (χ0) is 19.5. The van der Waals surface area contributed by atoms with Gasteiger partial charge in [0.25, 0.3) is 5.91 Å². The molecule has 0 unspecified atom stereocenters. The molecular weight excluding hydrogens is 392 g/mol. The standard InChI is InChI=1S/C22H15ClN2O2S/c23-17-11-8-16(9-12-17)10-13-21(26)25-19(20-7-4-14-28-20)15-24(22(25)27)18-5-2-1-3-6-18/h1-15H. The van der Waals surface area contributed by atoms with Crippen LogP contribution in [0.1, 0.15) is 10.4 Å². The Balaban J connectivity index is 1.78. The molecular formula is C22H15ClN2O2S. The lowest BCUT2D eigenvalue weighted by molar-refractivity contribution is 0.0967. The van der Waals surface area contributed by atoms with E-state index in [1.807, 2.05) is 60.0 Å². The zero-order valence-corrected chi connectivity index (χ0v) is 16.2. The molecule has 0 atom stereocenters. The number of allylic oxidation sites excluding steroid dienone is 1. The quantitative estimate of drug-likeness (QED) is 0.427. The number of nitrogens with zero attached hydrogens (tertiary/aromatic N) is 2. The summed E-state index contributed by atoms with van der Waals surface area (Å²) in [6, 6.07) is 20.2. The first-order valence-corrected chi connectivity index (χ1v) is 9.81. The van der Waals surface area contributed by atoms with Crippen molar-refractivity contribution in [2.75, 3.05) is 0 Å². The summed E-state index contributed by atoms with van der Waals surface area (Å²) >= 11 is 7.37. The molecule has 6 heteroatoms. The molecule has 0 spiro atoms. The molecule has 2 aromatic heterocycles. The van der Waals surface area contributed by atoms with Crippen LogP contribution in [0.3, 0.4) is 0 Å². The Hall–Kier alpha value is -3.15. The maximum atomic E-state index is 13.0. The highest BCUT2D eigenvalue weighted by molar-refractivity contribution is 7.13. The van der Waals surface area contributed by atoms with E-state index >= 15 is 0 Å². The summed E-state index contributed by atoms with van der Waals surface area (Å²) in [6.07, 6.45) is 4.78. The maximum Gasteiger partial charge on any atom is 0.340 e. The summed E-state index contributed by atoms with van der Waals surface area (Å²) in [5.41, 5.74) is 1.69. The van der Waals surface area contributed by atoms with Crippen molar-refractivity contribution in [3.8, 4) is 16.3 Å². The zero-order valence-electron chi connectivity index (χ0n) is 14.7. The molecule has 4 rings (SSSR count). The van der Waals surface area contributed by atoms with E-state index in [-0.39, 0.29) is 0 Å². The van der Waals surface area contributed by atoms with Gasteiger partial charge < -0.3 is 0 Å². The Morgan fingerprint density at radius 1 is 0.964 bits per heavy atom. The van der Waals surface area contributed by atoms with Crippen molar-refractivity contribution in [3.63, 3.8) is 0 Å². The minimum Gasteiger partial charge on any atom is -0.269 e. The van der Waals surface area contributed by atoms with E-state index in [0.29, 0.717) is 16.4 Å². The molecule has 0 fully saturated rings. The van der Waals surface area contributed by atoms with E-state index in [2.05, 4.69) is 0 Å². The minimum atomic E-state index is -0.405. The van der Waals surface area contributed by atoms with Crippen LogP contribution < -0.4 is 5.69 Å². The summed E-state index contributed by atoms with van der Waals surface area (Å²) in [6.45, 7) is 0.